The molecule has 0 saturated heterocycles. The molecule has 1 unspecified atom stereocenters. The van der Waals surface area contributed by atoms with Gasteiger partial charge in [-0.2, -0.15) is 4.72 Å². The second-order valence-corrected chi connectivity index (χ2v) is 9.33. The minimum absolute atomic E-state index is 0.00805. The molecule has 0 aromatic heterocycles. The van der Waals surface area contributed by atoms with E-state index in [9.17, 15) is 13.2 Å². The second-order valence-electron chi connectivity index (χ2n) is 5.25. The molecule has 0 bridgehead atoms. The lowest BCUT2D eigenvalue weighted by atomic mass is 10.2. The third kappa shape index (κ3) is 5.59. The van der Waals surface area contributed by atoms with Crippen molar-refractivity contribution in [1.29, 1.82) is 0 Å². The summed E-state index contributed by atoms with van der Waals surface area (Å²) in [6.45, 7) is 1.83. The highest BCUT2D eigenvalue weighted by molar-refractivity contribution is 7.89. The molecule has 0 heterocycles. The first-order valence-electron chi connectivity index (χ1n) is 7.11. The van der Waals surface area contributed by atoms with Crippen molar-refractivity contribution in [3.8, 4) is 0 Å². The Balaban J connectivity index is 2.23. The Morgan fingerprint density at radius 2 is 1.56 bits per heavy atom. The van der Waals surface area contributed by atoms with Crippen LogP contribution in [0.1, 0.15) is 15.9 Å². The highest BCUT2D eigenvalue weighted by Crippen LogP contribution is 2.30. The zero-order valence-electron chi connectivity index (χ0n) is 13.0. The van der Waals surface area contributed by atoms with Crippen molar-refractivity contribution in [3.05, 3.63) is 65.7 Å². The van der Waals surface area contributed by atoms with Crippen LogP contribution in [0.4, 0.5) is 0 Å². The zero-order valence-corrected chi connectivity index (χ0v) is 16.1. The van der Waals surface area contributed by atoms with Gasteiger partial charge in [0.2, 0.25) is 13.8 Å². The summed E-state index contributed by atoms with van der Waals surface area (Å²) in [5.41, 5.74) is 1.20. The summed E-state index contributed by atoms with van der Waals surface area (Å²) in [7, 11) is -4.01. The van der Waals surface area contributed by atoms with Crippen LogP contribution in [0.25, 0.3) is 0 Å². The maximum absolute atomic E-state index is 12.5. The summed E-state index contributed by atoms with van der Waals surface area (Å²) in [6.07, 6.45) is -1.46. The van der Waals surface area contributed by atoms with E-state index >= 15 is 0 Å². The van der Waals surface area contributed by atoms with E-state index in [-0.39, 0.29) is 4.90 Å². The molecule has 0 radical (unpaired) electrons. The van der Waals surface area contributed by atoms with Crippen LogP contribution in [0.5, 0.6) is 0 Å². The lowest BCUT2D eigenvalue weighted by Gasteiger charge is -2.26. The van der Waals surface area contributed by atoms with Crippen molar-refractivity contribution >= 4 is 50.7 Å². The molecule has 25 heavy (non-hydrogen) atoms. The maximum atomic E-state index is 12.5. The number of nitrogens with one attached hydrogen (secondary N) is 2. The van der Waals surface area contributed by atoms with E-state index in [1.807, 2.05) is 6.92 Å². The number of benzene rings is 2. The van der Waals surface area contributed by atoms with Crippen LogP contribution in [0.3, 0.4) is 0 Å². The number of carbonyl (C=O) groups is 1. The number of rotatable bonds is 5. The largest absolute Gasteiger partial charge is 0.332 e. The van der Waals surface area contributed by atoms with Crippen molar-refractivity contribution in [2.75, 3.05) is 0 Å². The minimum atomic E-state index is -4.01. The molecule has 2 N–H and O–H groups in total. The summed E-state index contributed by atoms with van der Waals surface area (Å²) in [4.78, 5) is 12.2. The minimum Gasteiger partial charge on any atom is -0.332 e. The Bertz CT molecular complexity index is 835. The summed E-state index contributed by atoms with van der Waals surface area (Å²) in [5, 5.41) is 2.39. The van der Waals surface area contributed by atoms with Gasteiger partial charge in [-0.15, -0.1) is 0 Å². The van der Waals surface area contributed by atoms with Crippen molar-refractivity contribution in [2.45, 2.75) is 21.8 Å². The number of sulfonamides is 1. The predicted molar refractivity (Wildman–Crippen MR) is 99.5 cm³/mol. The second kappa shape index (κ2) is 7.93. The first-order valence-corrected chi connectivity index (χ1v) is 9.73. The lowest BCUT2D eigenvalue weighted by Crippen LogP contribution is -2.55. The average molecular weight is 422 g/mol. The molecule has 0 spiro atoms. The van der Waals surface area contributed by atoms with Gasteiger partial charge >= 0.3 is 0 Å². The molecule has 2 aromatic rings. The van der Waals surface area contributed by atoms with Gasteiger partial charge in [0.1, 0.15) is 6.17 Å². The predicted octanol–water partition coefficient (Wildman–Crippen LogP) is 3.40. The lowest BCUT2D eigenvalue weighted by molar-refractivity contribution is 0.0935. The van der Waals surface area contributed by atoms with Crippen LogP contribution < -0.4 is 10.0 Å². The Hall–Kier alpha value is -1.31. The molecule has 2 aromatic carbocycles. The van der Waals surface area contributed by atoms with Gasteiger partial charge in [0, 0.05) is 5.56 Å². The number of hydrogen-bond acceptors (Lipinski definition) is 3. The van der Waals surface area contributed by atoms with E-state index in [2.05, 4.69) is 10.0 Å². The van der Waals surface area contributed by atoms with E-state index in [0.717, 1.165) is 5.56 Å². The van der Waals surface area contributed by atoms with Gasteiger partial charge in [-0.25, -0.2) is 8.42 Å². The Morgan fingerprint density at radius 1 is 1.00 bits per heavy atom. The summed E-state index contributed by atoms with van der Waals surface area (Å²) >= 11 is 17.5. The normalized spacial score (nSPS) is 13.3. The quantitative estimate of drug-likeness (QED) is 0.574. The SMILES string of the molecule is Cc1ccc(S(=O)(=O)NC(NC(=O)c2ccccc2)C(Cl)(Cl)Cl)cc1. The zero-order chi connectivity index (χ0) is 18.7. The van der Waals surface area contributed by atoms with Crippen molar-refractivity contribution in [2.24, 2.45) is 0 Å². The van der Waals surface area contributed by atoms with Crippen molar-refractivity contribution in [3.63, 3.8) is 0 Å². The monoisotopic (exact) mass is 420 g/mol. The maximum Gasteiger partial charge on any atom is 0.252 e. The van der Waals surface area contributed by atoms with Gasteiger partial charge in [0.15, 0.2) is 0 Å². The number of halogens is 3. The first kappa shape index (κ1) is 20.0. The molecule has 5 nitrogen and oxygen atoms in total. The highest BCUT2D eigenvalue weighted by Gasteiger charge is 2.37. The third-order valence-electron chi connectivity index (χ3n) is 3.24. The summed E-state index contributed by atoms with van der Waals surface area (Å²) in [6, 6.07) is 14.3. The van der Waals surface area contributed by atoms with E-state index in [1.165, 1.54) is 12.1 Å². The molecule has 0 aliphatic carbocycles. The molecular weight excluding hydrogens is 407 g/mol. The smallest absolute Gasteiger partial charge is 0.252 e. The van der Waals surface area contributed by atoms with Crippen molar-refractivity contribution in [1.82, 2.24) is 10.0 Å². The van der Waals surface area contributed by atoms with Crippen LogP contribution >= 0.6 is 34.8 Å². The standard InChI is InChI=1S/C16H15Cl3N2O3S/c1-11-7-9-13(10-8-11)25(23,24)21-15(16(17,18)19)20-14(22)12-5-3-2-4-6-12/h2-10,15,21H,1H3,(H,20,22). The van der Waals surface area contributed by atoms with Gasteiger partial charge in [-0.3, -0.25) is 4.79 Å². The molecular formula is C16H15Cl3N2O3S. The number of amides is 1. The molecule has 9 heteroatoms. The van der Waals surface area contributed by atoms with Gasteiger partial charge in [0.25, 0.3) is 5.91 Å². The van der Waals surface area contributed by atoms with E-state index in [1.54, 1.807) is 42.5 Å². The fraction of sp³-hybridized carbons (Fsp3) is 0.188. The molecule has 0 saturated carbocycles. The molecule has 2 rings (SSSR count). The summed E-state index contributed by atoms with van der Waals surface area (Å²) < 4.78 is 25.1. The van der Waals surface area contributed by atoms with Crippen molar-refractivity contribution < 1.29 is 13.2 Å². The fourth-order valence-electron chi connectivity index (χ4n) is 1.92. The van der Waals surface area contributed by atoms with Gasteiger partial charge in [-0.1, -0.05) is 70.7 Å². The van der Waals surface area contributed by atoms with Crippen LogP contribution in [-0.4, -0.2) is 24.3 Å². The molecule has 1 amide bonds. The topological polar surface area (TPSA) is 75.3 Å². The van der Waals surface area contributed by atoms with Crippen LogP contribution in [0.15, 0.2) is 59.5 Å². The van der Waals surface area contributed by atoms with Gasteiger partial charge in [0.05, 0.1) is 4.90 Å². The van der Waals surface area contributed by atoms with E-state index in [4.69, 9.17) is 34.8 Å². The van der Waals surface area contributed by atoms with E-state index < -0.39 is 25.9 Å². The fourth-order valence-corrected chi connectivity index (χ4v) is 3.62. The third-order valence-corrected chi connectivity index (χ3v) is 5.34. The number of aryl methyl sites for hydroxylation is 1. The average Bonchev–Trinajstić information content (AvgIpc) is 2.54. The molecule has 0 fully saturated rings. The molecule has 1 atom stereocenters. The molecule has 0 aliphatic heterocycles. The first-order chi connectivity index (χ1) is 11.6. The van der Waals surface area contributed by atoms with Crippen LogP contribution in [0, 0.1) is 6.92 Å². The van der Waals surface area contributed by atoms with Gasteiger partial charge in [-0.05, 0) is 31.2 Å². The molecule has 134 valence electrons. The van der Waals surface area contributed by atoms with Crippen LogP contribution in [0.2, 0.25) is 0 Å². The number of alkyl halides is 3. The number of carbonyl (C=O) groups excluding carboxylic acids is 1. The Labute approximate surface area is 161 Å². The van der Waals surface area contributed by atoms with Gasteiger partial charge < -0.3 is 5.32 Å². The Morgan fingerprint density at radius 3 is 2.08 bits per heavy atom. The number of hydrogen-bond donors (Lipinski definition) is 2. The molecule has 0 aliphatic rings. The summed E-state index contributed by atoms with van der Waals surface area (Å²) in [5.74, 6) is -0.580. The highest BCUT2D eigenvalue weighted by atomic mass is 35.6. The van der Waals surface area contributed by atoms with E-state index in [0.29, 0.717) is 5.56 Å². The Kier molecular flexibility index (Phi) is 6.35. The van der Waals surface area contributed by atoms with Crippen LogP contribution in [-0.2, 0) is 10.0 Å².